The molecule has 0 saturated carbocycles. The molecule has 1 saturated heterocycles. The van der Waals surface area contributed by atoms with Gasteiger partial charge in [-0.3, -0.25) is 5.32 Å². The number of hydrogen-bond acceptors (Lipinski definition) is 6. The van der Waals surface area contributed by atoms with Crippen LogP contribution in [-0.4, -0.2) is 43.1 Å². The highest BCUT2D eigenvalue weighted by molar-refractivity contribution is 7.92. The molecule has 21 heavy (non-hydrogen) atoms. The van der Waals surface area contributed by atoms with Gasteiger partial charge in [0, 0.05) is 6.04 Å². The normalized spacial score (nSPS) is 23.3. The first-order valence-corrected chi connectivity index (χ1v) is 9.00. The number of carbonyl (C=O) groups excluding carboxylic acids is 1. The second-order valence-electron chi connectivity index (χ2n) is 5.56. The van der Waals surface area contributed by atoms with Crippen molar-refractivity contribution in [3.63, 3.8) is 0 Å². The number of urea groups is 1. The van der Waals surface area contributed by atoms with E-state index in [1.807, 2.05) is 0 Å². The Kier molecular flexibility index (Phi) is 4.43. The fraction of sp³-hybridized carbons (Fsp3) is 0.667. The van der Waals surface area contributed by atoms with Crippen molar-refractivity contribution >= 4 is 32.3 Å². The van der Waals surface area contributed by atoms with Gasteiger partial charge in [0.1, 0.15) is 0 Å². The molecule has 1 fully saturated rings. The van der Waals surface area contributed by atoms with E-state index in [-0.39, 0.29) is 17.8 Å². The summed E-state index contributed by atoms with van der Waals surface area (Å²) >= 11 is 1.22. The van der Waals surface area contributed by atoms with Crippen molar-refractivity contribution in [3.8, 4) is 5.06 Å². The van der Waals surface area contributed by atoms with Crippen molar-refractivity contribution in [3.05, 3.63) is 6.20 Å². The van der Waals surface area contributed by atoms with Gasteiger partial charge in [-0.2, -0.15) is 0 Å². The molecular formula is C12H19N3O4S2. The lowest BCUT2D eigenvalue weighted by Crippen LogP contribution is -2.50. The summed E-state index contributed by atoms with van der Waals surface area (Å²) in [4.78, 5) is 15.9. The van der Waals surface area contributed by atoms with Crippen LogP contribution in [0, 0.1) is 0 Å². The number of anilines is 1. The van der Waals surface area contributed by atoms with E-state index in [1.54, 1.807) is 13.8 Å². The van der Waals surface area contributed by atoms with E-state index in [4.69, 9.17) is 4.74 Å². The molecule has 9 heteroatoms. The van der Waals surface area contributed by atoms with Crippen molar-refractivity contribution in [2.75, 3.05) is 18.2 Å². The summed E-state index contributed by atoms with van der Waals surface area (Å²) in [6, 6.07) is -0.544. The molecular weight excluding hydrogens is 314 g/mol. The molecule has 0 unspecified atom stereocenters. The average molecular weight is 333 g/mol. The molecule has 1 aromatic heterocycles. The Morgan fingerprint density at radius 2 is 2.24 bits per heavy atom. The highest BCUT2D eigenvalue weighted by Gasteiger charge is 2.41. The van der Waals surface area contributed by atoms with E-state index in [9.17, 15) is 13.2 Å². The number of thiazole rings is 1. The molecule has 0 aliphatic carbocycles. The fourth-order valence-electron chi connectivity index (χ4n) is 2.25. The Labute approximate surface area is 128 Å². The average Bonchev–Trinajstić information content (AvgIpc) is 2.81. The van der Waals surface area contributed by atoms with Crippen LogP contribution in [0.25, 0.3) is 0 Å². The largest absolute Gasteiger partial charge is 0.486 e. The van der Waals surface area contributed by atoms with Gasteiger partial charge in [-0.05, 0) is 26.7 Å². The smallest absolute Gasteiger partial charge is 0.321 e. The lowest BCUT2D eigenvalue weighted by atomic mass is 10.0. The number of ether oxygens (including phenoxy) is 1. The summed E-state index contributed by atoms with van der Waals surface area (Å²) in [7, 11) is -1.56. The maximum Gasteiger partial charge on any atom is 0.321 e. The van der Waals surface area contributed by atoms with Gasteiger partial charge in [-0.25, -0.2) is 18.2 Å². The maximum absolute atomic E-state index is 11.9. The van der Waals surface area contributed by atoms with Crippen molar-refractivity contribution < 1.29 is 17.9 Å². The molecule has 0 bridgehead atoms. The predicted molar refractivity (Wildman–Crippen MR) is 81.7 cm³/mol. The topological polar surface area (TPSA) is 97.4 Å². The SMILES string of the molecule is COc1cnc(NC(=O)N[C@H]2CCS(=O)(=O)C(C)(C)C2)s1. The summed E-state index contributed by atoms with van der Waals surface area (Å²) < 4.78 is 28.0. The molecule has 1 atom stereocenters. The van der Waals surface area contributed by atoms with Gasteiger partial charge in [-0.15, -0.1) is 0 Å². The molecule has 0 radical (unpaired) electrons. The molecule has 1 aliphatic heterocycles. The number of methoxy groups -OCH3 is 1. The molecule has 2 amide bonds. The van der Waals surface area contributed by atoms with Gasteiger partial charge in [0.05, 0.1) is 23.8 Å². The molecule has 2 rings (SSSR count). The van der Waals surface area contributed by atoms with Crippen LogP contribution < -0.4 is 15.4 Å². The number of nitrogens with zero attached hydrogens (tertiary/aromatic N) is 1. The third kappa shape index (κ3) is 3.65. The summed E-state index contributed by atoms with van der Waals surface area (Å²) in [5.74, 6) is 0.0933. The van der Waals surface area contributed by atoms with Crippen molar-refractivity contribution in [2.45, 2.75) is 37.5 Å². The zero-order chi connectivity index (χ0) is 15.7. The highest BCUT2D eigenvalue weighted by Crippen LogP contribution is 2.30. The van der Waals surface area contributed by atoms with Crippen LogP contribution in [0.1, 0.15) is 26.7 Å². The zero-order valence-electron chi connectivity index (χ0n) is 12.2. The molecule has 0 spiro atoms. The minimum absolute atomic E-state index is 0.0933. The third-order valence-corrected chi connectivity index (χ3v) is 7.05. The summed E-state index contributed by atoms with van der Waals surface area (Å²) in [6.45, 7) is 3.39. The van der Waals surface area contributed by atoms with E-state index >= 15 is 0 Å². The van der Waals surface area contributed by atoms with Gasteiger partial charge in [-0.1, -0.05) is 11.3 Å². The molecule has 0 aromatic carbocycles. The Morgan fingerprint density at radius 3 is 2.81 bits per heavy atom. The number of sulfone groups is 1. The van der Waals surface area contributed by atoms with Gasteiger partial charge in [0.15, 0.2) is 20.0 Å². The van der Waals surface area contributed by atoms with Gasteiger partial charge in [0.25, 0.3) is 0 Å². The molecule has 1 aromatic rings. The van der Waals surface area contributed by atoms with Gasteiger partial charge >= 0.3 is 6.03 Å². The molecule has 7 nitrogen and oxygen atoms in total. The summed E-state index contributed by atoms with van der Waals surface area (Å²) in [5, 5.41) is 6.46. The van der Waals surface area contributed by atoms with Gasteiger partial charge < -0.3 is 10.1 Å². The standard InChI is InChI=1S/C12H19N3O4S2/c1-12(2)6-8(4-5-21(12,17)18)14-10(16)15-11-13-7-9(19-3)20-11/h7-8H,4-6H2,1-3H3,(H2,13,14,15,16)/t8-/m0/s1. The number of hydrogen-bond donors (Lipinski definition) is 2. The van der Waals surface area contributed by atoms with Crippen LogP contribution in [-0.2, 0) is 9.84 Å². The second-order valence-corrected chi connectivity index (χ2v) is 9.29. The Hall–Kier alpha value is -1.35. The monoisotopic (exact) mass is 333 g/mol. The first-order valence-electron chi connectivity index (χ1n) is 6.53. The Balaban J connectivity index is 1.92. The van der Waals surface area contributed by atoms with E-state index in [2.05, 4.69) is 15.6 Å². The van der Waals surface area contributed by atoms with Crippen LogP contribution in [0.4, 0.5) is 9.93 Å². The number of nitrogens with one attached hydrogen (secondary N) is 2. The zero-order valence-corrected chi connectivity index (χ0v) is 13.8. The fourth-order valence-corrected chi connectivity index (χ4v) is 4.48. The minimum Gasteiger partial charge on any atom is -0.486 e. The van der Waals surface area contributed by atoms with E-state index in [1.165, 1.54) is 24.6 Å². The van der Waals surface area contributed by atoms with Crippen LogP contribution in [0.5, 0.6) is 5.06 Å². The van der Waals surface area contributed by atoms with Crippen molar-refractivity contribution in [2.24, 2.45) is 0 Å². The summed E-state index contributed by atoms with van der Waals surface area (Å²) in [5.41, 5.74) is 0. The predicted octanol–water partition coefficient (Wildman–Crippen LogP) is 1.63. The molecule has 2 N–H and O–H groups in total. The third-order valence-electron chi connectivity index (χ3n) is 3.56. The van der Waals surface area contributed by atoms with Gasteiger partial charge in [0.2, 0.25) is 0 Å². The van der Waals surface area contributed by atoms with Crippen LogP contribution in [0.3, 0.4) is 0 Å². The van der Waals surface area contributed by atoms with Crippen LogP contribution in [0.15, 0.2) is 6.20 Å². The van der Waals surface area contributed by atoms with Crippen molar-refractivity contribution in [1.29, 1.82) is 0 Å². The molecule has 118 valence electrons. The number of carbonyl (C=O) groups is 1. The first-order chi connectivity index (χ1) is 9.73. The Morgan fingerprint density at radius 1 is 1.52 bits per heavy atom. The molecule has 2 heterocycles. The van der Waals surface area contributed by atoms with Crippen LogP contribution >= 0.6 is 11.3 Å². The maximum atomic E-state index is 11.9. The number of amides is 2. The quantitative estimate of drug-likeness (QED) is 0.876. The number of rotatable bonds is 3. The van der Waals surface area contributed by atoms with E-state index in [0.717, 1.165) is 0 Å². The van der Waals surface area contributed by atoms with Crippen LogP contribution in [0.2, 0.25) is 0 Å². The highest BCUT2D eigenvalue weighted by atomic mass is 32.2. The summed E-state index contributed by atoms with van der Waals surface area (Å²) in [6.07, 6.45) is 2.36. The number of aromatic nitrogens is 1. The first kappa shape index (κ1) is 16.0. The van der Waals surface area contributed by atoms with Crippen molar-refractivity contribution in [1.82, 2.24) is 10.3 Å². The van der Waals surface area contributed by atoms with E-state index < -0.39 is 14.6 Å². The Bertz CT molecular complexity index is 624. The van der Waals surface area contributed by atoms with E-state index in [0.29, 0.717) is 23.0 Å². The minimum atomic E-state index is -3.09. The molecule has 1 aliphatic rings. The lowest BCUT2D eigenvalue weighted by Gasteiger charge is -2.35. The lowest BCUT2D eigenvalue weighted by molar-refractivity contribution is 0.245. The second kappa shape index (κ2) is 5.80.